The molecule has 2 aromatic rings. The van der Waals surface area contributed by atoms with Crippen LogP contribution in [-0.4, -0.2) is 29.3 Å². The summed E-state index contributed by atoms with van der Waals surface area (Å²) in [5.74, 6) is -0.457. The third-order valence-corrected chi connectivity index (χ3v) is 3.10. The zero-order valence-electron chi connectivity index (χ0n) is 9.11. The number of pyridine rings is 1. The van der Waals surface area contributed by atoms with Crippen molar-refractivity contribution in [2.45, 2.75) is 6.54 Å². The number of methoxy groups -OCH3 is 1. The Bertz CT molecular complexity index is 568. The molecule has 4 nitrogen and oxygen atoms in total. The van der Waals surface area contributed by atoms with E-state index in [0.717, 1.165) is 4.47 Å². The highest BCUT2D eigenvalue weighted by atomic mass is 79.9. The minimum absolute atomic E-state index is 0.164. The number of hydrogen-bond donors (Lipinski definition) is 0. The van der Waals surface area contributed by atoms with Crippen molar-refractivity contribution in [2.24, 2.45) is 0 Å². The van der Waals surface area contributed by atoms with Crippen molar-refractivity contribution < 1.29 is 13.9 Å². The minimum atomic E-state index is -0.515. The Morgan fingerprint density at radius 1 is 1.65 bits per heavy atom. The molecule has 0 atom stereocenters. The fourth-order valence-corrected chi connectivity index (χ4v) is 2.21. The summed E-state index contributed by atoms with van der Waals surface area (Å²) in [6.07, 6.45) is 3.16. The third-order valence-electron chi connectivity index (χ3n) is 2.44. The number of halogens is 2. The second kappa shape index (κ2) is 4.83. The van der Waals surface area contributed by atoms with Crippen LogP contribution in [-0.2, 0) is 11.3 Å². The fourth-order valence-electron chi connectivity index (χ4n) is 1.70. The zero-order chi connectivity index (χ0) is 12.4. The van der Waals surface area contributed by atoms with Crippen molar-refractivity contribution in [3.63, 3.8) is 0 Å². The van der Waals surface area contributed by atoms with Crippen molar-refractivity contribution in [2.75, 3.05) is 13.8 Å². The molecule has 0 spiro atoms. The molecule has 17 heavy (non-hydrogen) atoms. The van der Waals surface area contributed by atoms with Gasteiger partial charge in [0.1, 0.15) is 12.3 Å². The second-order valence-corrected chi connectivity index (χ2v) is 4.26. The SMILES string of the molecule is COC(=O)c1cn(CCF)c2nccc(Br)c12. The average molecular weight is 301 g/mol. The Labute approximate surface area is 106 Å². The first-order chi connectivity index (χ1) is 8.19. The molecular weight excluding hydrogens is 291 g/mol. The minimum Gasteiger partial charge on any atom is -0.465 e. The number of carbonyl (C=O) groups is 1. The lowest BCUT2D eigenvalue weighted by Gasteiger charge is -2.00. The second-order valence-electron chi connectivity index (χ2n) is 3.41. The number of fused-ring (bicyclic) bond motifs is 1. The molecule has 0 aromatic carbocycles. The summed E-state index contributed by atoms with van der Waals surface area (Å²) in [4.78, 5) is 15.8. The van der Waals surface area contributed by atoms with E-state index in [-0.39, 0.29) is 6.54 Å². The van der Waals surface area contributed by atoms with E-state index in [4.69, 9.17) is 4.74 Å². The summed E-state index contributed by atoms with van der Waals surface area (Å²) in [6.45, 7) is -0.352. The summed E-state index contributed by atoms with van der Waals surface area (Å²) in [6, 6.07) is 1.73. The molecule has 90 valence electrons. The van der Waals surface area contributed by atoms with Gasteiger partial charge in [0.15, 0.2) is 0 Å². The van der Waals surface area contributed by atoms with Gasteiger partial charge < -0.3 is 9.30 Å². The summed E-state index contributed by atoms with van der Waals surface area (Å²) in [7, 11) is 1.31. The van der Waals surface area contributed by atoms with E-state index in [9.17, 15) is 9.18 Å². The normalized spacial score (nSPS) is 10.8. The molecule has 2 aromatic heterocycles. The first kappa shape index (κ1) is 12.0. The number of aryl methyl sites for hydroxylation is 1. The Balaban J connectivity index is 2.71. The van der Waals surface area contributed by atoms with Gasteiger partial charge in [-0.15, -0.1) is 0 Å². The van der Waals surface area contributed by atoms with Crippen LogP contribution in [0.4, 0.5) is 4.39 Å². The van der Waals surface area contributed by atoms with E-state index < -0.39 is 12.6 Å². The standard InChI is InChI=1S/C11H10BrFN2O2/c1-17-11(16)7-6-15(5-3-13)10-9(7)8(12)2-4-14-10/h2,4,6H,3,5H2,1H3. The van der Waals surface area contributed by atoms with E-state index in [1.165, 1.54) is 7.11 Å². The molecule has 2 heterocycles. The number of hydrogen-bond acceptors (Lipinski definition) is 3. The number of alkyl halides is 1. The van der Waals surface area contributed by atoms with Crippen molar-refractivity contribution in [3.05, 3.63) is 28.5 Å². The monoisotopic (exact) mass is 300 g/mol. The van der Waals surface area contributed by atoms with Gasteiger partial charge in [0.2, 0.25) is 0 Å². The number of aromatic nitrogens is 2. The summed E-state index contributed by atoms with van der Waals surface area (Å²) < 4.78 is 19.5. The van der Waals surface area contributed by atoms with Crippen molar-refractivity contribution in [1.82, 2.24) is 9.55 Å². The Morgan fingerprint density at radius 3 is 3.06 bits per heavy atom. The topological polar surface area (TPSA) is 44.1 Å². The van der Waals surface area contributed by atoms with Gasteiger partial charge >= 0.3 is 5.97 Å². The number of carbonyl (C=O) groups excluding carboxylic acids is 1. The van der Waals surface area contributed by atoms with Crippen LogP contribution in [0.5, 0.6) is 0 Å². The summed E-state index contributed by atoms with van der Waals surface area (Å²) >= 11 is 3.35. The lowest BCUT2D eigenvalue weighted by molar-refractivity contribution is 0.0602. The van der Waals surface area contributed by atoms with Crippen LogP contribution in [0.3, 0.4) is 0 Å². The number of ether oxygens (including phenoxy) is 1. The first-order valence-electron chi connectivity index (χ1n) is 4.96. The Hall–Kier alpha value is -1.43. The van der Waals surface area contributed by atoms with Crippen LogP contribution in [0.15, 0.2) is 22.9 Å². The van der Waals surface area contributed by atoms with E-state index in [2.05, 4.69) is 20.9 Å². The molecule has 0 fully saturated rings. The van der Waals surface area contributed by atoms with Crippen LogP contribution >= 0.6 is 15.9 Å². The molecule has 2 rings (SSSR count). The van der Waals surface area contributed by atoms with E-state index in [1.54, 1.807) is 23.0 Å². The zero-order valence-corrected chi connectivity index (χ0v) is 10.7. The highest BCUT2D eigenvalue weighted by Crippen LogP contribution is 2.28. The predicted octanol–water partition coefficient (Wildman–Crippen LogP) is 2.55. The van der Waals surface area contributed by atoms with Gasteiger partial charge in [-0.2, -0.15) is 0 Å². The van der Waals surface area contributed by atoms with E-state index >= 15 is 0 Å². The smallest absolute Gasteiger partial charge is 0.340 e. The summed E-state index contributed by atoms with van der Waals surface area (Å²) in [5, 5.41) is 0.646. The molecule has 0 amide bonds. The Morgan fingerprint density at radius 2 is 2.41 bits per heavy atom. The van der Waals surface area contributed by atoms with Gasteiger partial charge in [-0.05, 0) is 22.0 Å². The number of esters is 1. The van der Waals surface area contributed by atoms with Crippen molar-refractivity contribution in [1.29, 1.82) is 0 Å². The third kappa shape index (κ3) is 2.04. The van der Waals surface area contributed by atoms with Crippen molar-refractivity contribution in [3.8, 4) is 0 Å². The van der Waals surface area contributed by atoms with Crippen LogP contribution in [0.25, 0.3) is 11.0 Å². The highest BCUT2D eigenvalue weighted by molar-refractivity contribution is 9.10. The predicted molar refractivity (Wildman–Crippen MR) is 64.7 cm³/mol. The molecule has 0 unspecified atom stereocenters. The molecule has 6 heteroatoms. The van der Waals surface area contributed by atoms with Gasteiger partial charge in [0.05, 0.1) is 19.2 Å². The molecule has 0 saturated carbocycles. The fraction of sp³-hybridized carbons (Fsp3) is 0.273. The average Bonchev–Trinajstić information content (AvgIpc) is 2.69. The quantitative estimate of drug-likeness (QED) is 0.818. The van der Waals surface area contributed by atoms with Crippen LogP contribution in [0, 0.1) is 0 Å². The summed E-state index contributed by atoms with van der Waals surface area (Å²) in [5.41, 5.74) is 0.952. The van der Waals surface area contributed by atoms with Crippen molar-refractivity contribution >= 4 is 32.9 Å². The molecule has 0 radical (unpaired) electrons. The first-order valence-corrected chi connectivity index (χ1v) is 5.76. The molecule has 0 N–H and O–H groups in total. The van der Waals surface area contributed by atoms with Gasteiger partial charge in [-0.3, -0.25) is 0 Å². The number of rotatable bonds is 3. The maximum atomic E-state index is 12.4. The van der Waals surface area contributed by atoms with Crippen LogP contribution in [0.2, 0.25) is 0 Å². The molecule has 0 aliphatic rings. The van der Waals surface area contributed by atoms with Gasteiger partial charge in [-0.25, -0.2) is 14.2 Å². The van der Waals surface area contributed by atoms with E-state index in [1.807, 2.05) is 0 Å². The van der Waals surface area contributed by atoms with Gasteiger partial charge in [0, 0.05) is 22.3 Å². The number of nitrogens with zero attached hydrogens (tertiary/aromatic N) is 2. The molecule has 0 aliphatic heterocycles. The highest BCUT2D eigenvalue weighted by Gasteiger charge is 2.18. The maximum Gasteiger partial charge on any atom is 0.340 e. The lowest BCUT2D eigenvalue weighted by atomic mass is 10.2. The van der Waals surface area contributed by atoms with Crippen LogP contribution in [0.1, 0.15) is 10.4 Å². The molecule has 0 aliphatic carbocycles. The Kier molecular flexibility index (Phi) is 3.42. The molecule has 0 bridgehead atoms. The van der Waals surface area contributed by atoms with Gasteiger partial charge in [-0.1, -0.05) is 0 Å². The lowest BCUT2D eigenvalue weighted by Crippen LogP contribution is -2.01. The van der Waals surface area contributed by atoms with Crippen LogP contribution < -0.4 is 0 Å². The maximum absolute atomic E-state index is 12.4. The largest absolute Gasteiger partial charge is 0.465 e. The molecule has 0 saturated heterocycles. The molecular formula is C11H10BrFN2O2. The van der Waals surface area contributed by atoms with Gasteiger partial charge in [0.25, 0.3) is 0 Å². The van der Waals surface area contributed by atoms with E-state index in [0.29, 0.717) is 16.6 Å².